The average Bonchev–Trinajstić information content (AvgIpc) is 2.37. The second kappa shape index (κ2) is 5.93. The van der Waals surface area contributed by atoms with Crippen LogP contribution in [0.4, 0.5) is 14.5 Å². The lowest BCUT2D eigenvalue weighted by atomic mass is 10.1. The van der Waals surface area contributed by atoms with E-state index in [1.165, 1.54) is 6.07 Å². The number of anilines is 1. The van der Waals surface area contributed by atoms with E-state index in [1.807, 2.05) is 24.3 Å². The lowest BCUT2D eigenvalue weighted by Gasteiger charge is -2.06. The van der Waals surface area contributed by atoms with Crippen molar-refractivity contribution in [1.82, 2.24) is 0 Å². The van der Waals surface area contributed by atoms with E-state index >= 15 is 0 Å². The zero-order valence-electron chi connectivity index (χ0n) is 9.79. The van der Waals surface area contributed by atoms with E-state index < -0.39 is 11.6 Å². The molecule has 0 unspecified atom stereocenters. The Morgan fingerprint density at radius 3 is 2.37 bits per heavy atom. The first-order chi connectivity index (χ1) is 9.04. The van der Waals surface area contributed by atoms with Crippen LogP contribution in [0.3, 0.4) is 0 Å². The lowest BCUT2D eigenvalue weighted by Crippen LogP contribution is -2.14. The van der Waals surface area contributed by atoms with E-state index in [2.05, 4.69) is 21.2 Å². The number of carbonyl (C=O) groups excluding carboxylic acids is 1. The molecule has 98 valence electrons. The third-order valence-electron chi connectivity index (χ3n) is 2.48. The van der Waals surface area contributed by atoms with E-state index in [1.54, 1.807) is 0 Å². The van der Waals surface area contributed by atoms with Crippen LogP contribution in [0.5, 0.6) is 0 Å². The first kappa shape index (κ1) is 13.7. The maximum atomic E-state index is 13.0. The summed E-state index contributed by atoms with van der Waals surface area (Å²) in [5, 5.41) is 2.52. The van der Waals surface area contributed by atoms with Crippen LogP contribution in [0.2, 0.25) is 0 Å². The van der Waals surface area contributed by atoms with Gasteiger partial charge < -0.3 is 5.32 Å². The topological polar surface area (TPSA) is 29.1 Å². The average molecular weight is 326 g/mol. The molecule has 0 spiro atoms. The van der Waals surface area contributed by atoms with Crippen molar-refractivity contribution >= 4 is 27.5 Å². The van der Waals surface area contributed by atoms with Crippen LogP contribution < -0.4 is 5.32 Å². The molecule has 0 atom stereocenters. The van der Waals surface area contributed by atoms with Gasteiger partial charge in [-0.2, -0.15) is 0 Å². The minimum atomic E-state index is -0.985. The maximum Gasteiger partial charge on any atom is 0.228 e. The Hall–Kier alpha value is -1.75. The molecule has 2 rings (SSSR count). The monoisotopic (exact) mass is 325 g/mol. The fraction of sp³-hybridized carbons (Fsp3) is 0.0714. The van der Waals surface area contributed by atoms with Crippen LogP contribution in [0.25, 0.3) is 0 Å². The van der Waals surface area contributed by atoms with Crippen LogP contribution in [0.15, 0.2) is 46.9 Å². The predicted octanol–water partition coefficient (Wildman–Crippen LogP) is 3.91. The second-order valence-corrected chi connectivity index (χ2v) is 4.90. The van der Waals surface area contributed by atoms with Crippen molar-refractivity contribution in [2.45, 2.75) is 6.42 Å². The molecule has 2 aromatic rings. The summed E-state index contributed by atoms with van der Waals surface area (Å²) in [7, 11) is 0. The minimum Gasteiger partial charge on any atom is -0.326 e. The van der Waals surface area contributed by atoms with Gasteiger partial charge in [0.2, 0.25) is 5.91 Å². The molecule has 1 amide bonds. The molecule has 0 aromatic heterocycles. The lowest BCUT2D eigenvalue weighted by molar-refractivity contribution is -0.115. The number of rotatable bonds is 3. The van der Waals surface area contributed by atoms with Crippen molar-refractivity contribution in [2.75, 3.05) is 5.32 Å². The van der Waals surface area contributed by atoms with Crippen molar-refractivity contribution < 1.29 is 13.6 Å². The first-order valence-corrected chi connectivity index (χ1v) is 6.33. The molecule has 0 aliphatic carbocycles. The van der Waals surface area contributed by atoms with Crippen LogP contribution in [-0.4, -0.2) is 5.91 Å². The largest absolute Gasteiger partial charge is 0.326 e. The maximum absolute atomic E-state index is 13.0. The van der Waals surface area contributed by atoms with Gasteiger partial charge in [-0.25, -0.2) is 8.78 Å². The summed E-state index contributed by atoms with van der Waals surface area (Å²) in [4.78, 5) is 11.7. The van der Waals surface area contributed by atoms with Crippen LogP contribution in [0.1, 0.15) is 5.56 Å². The third-order valence-corrected chi connectivity index (χ3v) is 3.01. The Morgan fingerprint density at radius 2 is 1.74 bits per heavy atom. The molecule has 0 aliphatic rings. The van der Waals surface area contributed by atoms with Gasteiger partial charge >= 0.3 is 0 Å². The molecule has 2 aromatic carbocycles. The third kappa shape index (κ3) is 3.86. The molecule has 1 N–H and O–H groups in total. The fourth-order valence-corrected chi connectivity index (χ4v) is 1.83. The summed E-state index contributed by atoms with van der Waals surface area (Å²) in [6, 6.07) is 10.5. The van der Waals surface area contributed by atoms with Crippen molar-refractivity contribution in [1.29, 1.82) is 0 Å². The minimum absolute atomic E-state index is 0.173. The van der Waals surface area contributed by atoms with E-state index in [4.69, 9.17) is 0 Å². The number of halogens is 3. The molecule has 0 heterocycles. The summed E-state index contributed by atoms with van der Waals surface area (Å²) in [5.74, 6) is -2.21. The van der Waals surface area contributed by atoms with E-state index in [9.17, 15) is 13.6 Å². The highest BCUT2D eigenvalue weighted by atomic mass is 79.9. The summed E-state index contributed by atoms with van der Waals surface area (Å²) in [6.45, 7) is 0. The number of nitrogens with one attached hydrogen (secondary N) is 1. The van der Waals surface area contributed by atoms with Crippen LogP contribution in [-0.2, 0) is 11.2 Å². The number of hydrogen-bond acceptors (Lipinski definition) is 1. The molecule has 0 saturated carbocycles. The van der Waals surface area contributed by atoms with Gasteiger partial charge in [0.1, 0.15) is 0 Å². The molecule has 0 saturated heterocycles. The van der Waals surface area contributed by atoms with E-state index in [0.717, 1.165) is 22.2 Å². The molecule has 0 bridgehead atoms. The van der Waals surface area contributed by atoms with Gasteiger partial charge in [-0.3, -0.25) is 4.79 Å². The molecule has 19 heavy (non-hydrogen) atoms. The van der Waals surface area contributed by atoms with Gasteiger partial charge in [0.05, 0.1) is 6.42 Å². The molecule has 0 fully saturated rings. The second-order valence-electron chi connectivity index (χ2n) is 3.98. The molecule has 0 radical (unpaired) electrons. The highest BCUT2D eigenvalue weighted by Gasteiger charge is 2.07. The smallest absolute Gasteiger partial charge is 0.228 e. The van der Waals surface area contributed by atoms with Crippen molar-refractivity contribution in [2.24, 2.45) is 0 Å². The van der Waals surface area contributed by atoms with Crippen molar-refractivity contribution in [3.63, 3.8) is 0 Å². The van der Waals surface area contributed by atoms with Gasteiger partial charge in [-0.1, -0.05) is 28.1 Å². The van der Waals surface area contributed by atoms with E-state index in [-0.39, 0.29) is 18.0 Å². The normalized spacial score (nSPS) is 10.3. The van der Waals surface area contributed by atoms with Gasteiger partial charge in [0.15, 0.2) is 11.6 Å². The van der Waals surface area contributed by atoms with Gasteiger partial charge in [-0.15, -0.1) is 0 Å². The summed E-state index contributed by atoms with van der Waals surface area (Å²) >= 11 is 3.30. The highest BCUT2D eigenvalue weighted by molar-refractivity contribution is 9.10. The SMILES string of the molecule is O=C(Cc1ccc(Br)cc1)Nc1ccc(F)c(F)c1. The number of hydrogen-bond donors (Lipinski definition) is 1. The standard InChI is InChI=1S/C14H10BrF2NO/c15-10-3-1-9(2-4-10)7-14(19)18-11-5-6-12(16)13(17)8-11/h1-6,8H,7H2,(H,18,19). The Kier molecular flexibility index (Phi) is 4.27. The van der Waals surface area contributed by atoms with Crippen molar-refractivity contribution in [3.05, 3.63) is 64.1 Å². The Labute approximate surface area is 117 Å². The zero-order chi connectivity index (χ0) is 13.8. The number of benzene rings is 2. The summed E-state index contributed by atoms with van der Waals surface area (Å²) < 4.78 is 26.6. The molecule has 0 aliphatic heterocycles. The zero-order valence-corrected chi connectivity index (χ0v) is 11.4. The fourth-order valence-electron chi connectivity index (χ4n) is 1.57. The van der Waals surface area contributed by atoms with Gasteiger partial charge in [0, 0.05) is 16.2 Å². The molecule has 5 heteroatoms. The van der Waals surface area contributed by atoms with E-state index in [0.29, 0.717) is 0 Å². The van der Waals surface area contributed by atoms with Crippen LogP contribution in [0, 0.1) is 11.6 Å². The Bertz CT molecular complexity index is 599. The van der Waals surface area contributed by atoms with Crippen molar-refractivity contribution in [3.8, 4) is 0 Å². The molecular weight excluding hydrogens is 316 g/mol. The number of carbonyl (C=O) groups is 1. The Morgan fingerprint density at radius 1 is 1.05 bits per heavy atom. The summed E-state index contributed by atoms with van der Waals surface area (Å²) in [5.41, 5.74) is 1.07. The molecular formula is C14H10BrF2NO. The molecule has 2 nitrogen and oxygen atoms in total. The predicted molar refractivity (Wildman–Crippen MR) is 72.8 cm³/mol. The van der Waals surface area contributed by atoms with Gasteiger partial charge in [0.25, 0.3) is 0 Å². The number of amides is 1. The van der Waals surface area contributed by atoms with Gasteiger partial charge in [-0.05, 0) is 29.8 Å². The first-order valence-electron chi connectivity index (χ1n) is 5.54. The quantitative estimate of drug-likeness (QED) is 0.910. The Balaban J connectivity index is 2.01. The van der Waals surface area contributed by atoms with Crippen LogP contribution >= 0.6 is 15.9 Å². The highest BCUT2D eigenvalue weighted by Crippen LogP contribution is 2.14. The summed E-state index contributed by atoms with van der Waals surface area (Å²) in [6.07, 6.45) is 0.173.